The van der Waals surface area contributed by atoms with Crippen molar-refractivity contribution < 1.29 is 9.18 Å². The van der Waals surface area contributed by atoms with Gasteiger partial charge >= 0.3 is 0 Å². The molecule has 0 spiro atoms. The molecule has 1 aromatic heterocycles. The van der Waals surface area contributed by atoms with E-state index in [9.17, 15) is 9.18 Å². The maximum atomic E-state index is 12.9. The predicted molar refractivity (Wildman–Crippen MR) is 107 cm³/mol. The summed E-state index contributed by atoms with van der Waals surface area (Å²) in [6.45, 7) is 2.00. The standard InChI is InChI=1S/C20H20BrFN4O/c21-15-3-6-17-18(11-15)25-20(24-17)26-9-7-14(8-10-26)19(27)23-12-13-1-4-16(22)5-2-13/h1-6,11,14H,7-10,12H2,(H,23,27)(H,24,25). The van der Waals surface area contributed by atoms with Gasteiger partial charge in [0.15, 0.2) is 0 Å². The van der Waals surface area contributed by atoms with Crippen LogP contribution >= 0.6 is 15.9 Å². The van der Waals surface area contributed by atoms with Gasteiger partial charge < -0.3 is 15.2 Å². The van der Waals surface area contributed by atoms with Gasteiger partial charge in [0, 0.05) is 30.0 Å². The van der Waals surface area contributed by atoms with Crippen LogP contribution in [-0.2, 0) is 11.3 Å². The zero-order valence-electron chi connectivity index (χ0n) is 14.7. The second-order valence-corrected chi connectivity index (χ2v) is 7.74. The summed E-state index contributed by atoms with van der Waals surface area (Å²) in [4.78, 5) is 22.6. The van der Waals surface area contributed by atoms with Crippen molar-refractivity contribution in [1.29, 1.82) is 0 Å². The van der Waals surface area contributed by atoms with Gasteiger partial charge in [-0.15, -0.1) is 0 Å². The Kier molecular flexibility index (Phi) is 5.11. The molecule has 1 amide bonds. The summed E-state index contributed by atoms with van der Waals surface area (Å²) in [6.07, 6.45) is 1.58. The molecule has 2 N–H and O–H groups in total. The fraction of sp³-hybridized carbons (Fsp3) is 0.300. The number of nitrogens with one attached hydrogen (secondary N) is 2. The number of anilines is 1. The van der Waals surface area contributed by atoms with Gasteiger partial charge in [0.1, 0.15) is 5.82 Å². The number of amides is 1. The lowest BCUT2D eigenvalue weighted by atomic mass is 9.96. The summed E-state index contributed by atoms with van der Waals surface area (Å²) in [7, 11) is 0. The van der Waals surface area contributed by atoms with Gasteiger partial charge in [-0.05, 0) is 48.7 Å². The van der Waals surface area contributed by atoms with Crippen LogP contribution in [0, 0.1) is 11.7 Å². The van der Waals surface area contributed by atoms with Crippen LogP contribution < -0.4 is 10.2 Å². The first kappa shape index (κ1) is 18.0. The van der Waals surface area contributed by atoms with E-state index < -0.39 is 0 Å². The van der Waals surface area contributed by atoms with Gasteiger partial charge in [-0.25, -0.2) is 9.37 Å². The Morgan fingerprint density at radius 3 is 2.70 bits per heavy atom. The average molecular weight is 431 g/mol. The molecule has 0 atom stereocenters. The van der Waals surface area contributed by atoms with Gasteiger partial charge in [0.2, 0.25) is 11.9 Å². The number of aromatic amines is 1. The first-order valence-corrected chi connectivity index (χ1v) is 9.80. The van der Waals surface area contributed by atoms with Gasteiger partial charge in [-0.1, -0.05) is 28.1 Å². The maximum absolute atomic E-state index is 12.9. The van der Waals surface area contributed by atoms with Crippen LogP contribution in [0.5, 0.6) is 0 Å². The third kappa shape index (κ3) is 4.13. The average Bonchev–Trinajstić information content (AvgIpc) is 3.10. The van der Waals surface area contributed by atoms with Crippen LogP contribution in [-0.4, -0.2) is 29.0 Å². The zero-order chi connectivity index (χ0) is 18.8. The van der Waals surface area contributed by atoms with Crippen molar-refractivity contribution in [3.63, 3.8) is 0 Å². The number of aromatic nitrogens is 2. The maximum Gasteiger partial charge on any atom is 0.223 e. The molecule has 2 heterocycles. The first-order chi connectivity index (χ1) is 13.1. The molecule has 1 fully saturated rings. The third-order valence-electron chi connectivity index (χ3n) is 4.98. The van der Waals surface area contributed by atoms with Crippen molar-refractivity contribution in [2.24, 2.45) is 5.92 Å². The number of hydrogen-bond donors (Lipinski definition) is 2. The summed E-state index contributed by atoms with van der Waals surface area (Å²) >= 11 is 3.47. The molecule has 4 rings (SSSR count). The smallest absolute Gasteiger partial charge is 0.223 e. The Morgan fingerprint density at radius 2 is 1.96 bits per heavy atom. The molecule has 2 aromatic carbocycles. The largest absolute Gasteiger partial charge is 0.352 e. The minimum atomic E-state index is -0.268. The molecule has 27 heavy (non-hydrogen) atoms. The molecular weight excluding hydrogens is 411 g/mol. The number of imidazole rings is 1. The molecule has 0 radical (unpaired) electrons. The van der Waals surface area contributed by atoms with Gasteiger partial charge in [0.25, 0.3) is 0 Å². The molecule has 140 valence electrons. The molecule has 7 heteroatoms. The van der Waals surface area contributed by atoms with Gasteiger partial charge in [0.05, 0.1) is 11.0 Å². The van der Waals surface area contributed by atoms with Crippen molar-refractivity contribution in [2.75, 3.05) is 18.0 Å². The Labute approximate surface area is 165 Å². The second kappa shape index (κ2) is 7.68. The summed E-state index contributed by atoms with van der Waals surface area (Å²) < 4.78 is 14.0. The Balaban J connectivity index is 1.32. The lowest BCUT2D eigenvalue weighted by Crippen LogP contribution is -2.40. The van der Waals surface area contributed by atoms with Crippen molar-refractivity contribution >= 4 is 38.8 Å². The summed E-state index contributed by atoms with van der Waals surface area (Å²) in [5, 5.41) is 2.96. The highest BCUT2D eigenvalue weighted by Crippen LogP contribution is 2.25. The van der Waals surface area contributed by atoms with E-state index in [-0.39, 0.29) is 17.6 Å². The minimum Gasteiger partial charge on any atom is -0.352 e. The molecule has 5 nitrogen and oxygen atoms in total. The number of carbonyl (C=O) groups excluding carboxylic acids is 1. The van der Waals surface area contributed by atoms with Gasteiger partial charge in [-0.3, -0.25) is 4.79 Å². The number of nitrogens with zero attached hydrogens (tertiary/aromatic N) is 2. The molecule has 1 saturated heterocycles. The SMILES string of the molecule is O=C(NCc1ccc(F)cc1)C1CCN(c2nc3ccc(Br)cc3[nH]2)CC1. The molecular formula is C20H20BrFN4O. The number of piperidine rings is 1. The predicted octanol–water partition coefficient (Wildman–Crippen LogP) is 4.00. The van der Waals surface area contributed by atoms with E-state index in [1.54, 1.807) is 12.1 Å². The Bertz CT molecular complexity index is 948. The van der Waals surface area contributed by atoms with E-state index in [0.717, 1.165) is 52.9 Å². The van der Waals surface area contributed by atoms with Crippen LogP contribution in [0.4, 0.5) is 10.3 Å². The van der Waals surface area contributed by atoms with Crippen LogP contribution in [0.15, 0.2) is 46.9 Å². The van der Waals surface area contributed by atoms with Crippen molar-refractivity contribution in [3.8, 4) is 0 Å². The molecule has 3 aromatic rings. The fourth-order valence-electron chi connectivity index (χ4n) is 3.41. The Hall–Kier alpha value is -2.41. The highest BCUT2D eigenvalue weighted by atomic mass is 79.9. The molecule has 0 unspecified atom stereocenters. The monoisotopic (exact) mass is 430 g/mol. The Morgan fingerprint density at radius 1 is 1.22 bits per heavy atom. The minimum absolute atomic E-state index is 0.000205. The normalized spacial score (nSPS) is 15.3. The summed E-state index contributed by atoms with van der Waals surface area (Å²) in [5.41, 5.74) is 2.83. The molecule has 0 bridgehead atoms. The van der Waals surface area contributed by atoms with Crippen LogP contribution in [0.1, 0.15) is 18.4 Å². The molecule has 0 saturated carbocycles. The third-order valence-corrected chi connectivity index (χ3v) is 5.47. The number of H-pyrrole nitrogens is 1. The topological polar surface area (TPSA) is 61.0 Å². The van der Waals surface area contributed by atoms with E-state index >= 15 is 0 Å². The van der Waals surface area contributed by atoms with Crippen LogP contribution in [0.3, 0.4) is 0 Å². The van der Waals surface area contributed by atoms with E-state index in [1.807, 2.05) is 18.2 Å². The lowest BCUT2D eigenvalue weighted by molar-refractivity contribution is -0.125. The van der Waals surface area contributed by atoms with Crippen molar-refractivity contribution in [3.05, 3.63) is 58.3 Å². The number of rotatable bonds is 4. The number of fused-ring (bicyclic) bond motifs is 1. The molecule has 1 aliphatic rings. The number of hydrogen-bond acceptors (Lipinski definition) is 3. The fourth-order valence-corrected chi connectivity index (χ4v) is 3.77. The van der Waals surface area contributed by atoms with Crippen molar-refractivity contribution in [1.82, 2.24) is 15.3 Å². The van der Waals surface area contributed by atoms with Crippen LogP contribution in [0.25, 0.3) is 11.0 Å². The zero-order valence-corrected chi connectivity index (χ0v) is 16.3. The van der Waals surface area contributed by atoms with E-state index in [1.165, 1.54) is 12.1 Å². The molecule has 0 aliphatic carbocycles. The number of benzene rings is 2. The summed E-state index contributed by atoms with van der Waals surface area (Å²) in [5.74, 6) is 0.649. The summed E-state index contributed by atoms with van der Waals surface area (Å²) in [6, 6.07) is 12.2. The van der Waals surface area contributed by atoms with Crippen LogP contribution in [0.2, 0.25) is 0 Å². The van der Waals surface area contributed by atoms with Gasteiger partial charge in [-0.2, -0.15) is 0 Å². The van der Waals surface area contributed by atoms with Crippen molar-refractivity contribution in [2.45, 2.75) is 19.4 Å². The quantitative estimate of drug-likeness (QED) is 0.657. The molecule has 1 aliphatic heterocycles. The highest BCUT2D eigenvalue weighted by molar-refractivity contribution is 9.10. The second-order valence-electron chi connectivity index (χ2n) is 6.83. The number of halogens is 2. The first-order valence-electron chi connectivity index (χ1n) is 9.01. The van der Waals surface area contributed by atoms with E-state index in [2.05, 4.69) is 36.1 Å². The highest BCUT2D eigenvalue weighted by Gasteiger charge is 2.26. The number of carbonyl (C=O) groups is 1. The lowest BCUT2D eigenvalue weighted by Gasteiger charge is -2.31. The van der Waals surface area contributed by atoms with E-state index in [0.29, 0.717) is 6.54 Å². The van der Waals surface area contributed by atoms with E-state index in [4.69, 9.17) is 0 Å².